The SMILES string of the molecule is OC[C@H]1O[C@H]1c1ccc(Cl)cc1. The van der Waals surface area contributed by atoms with Crippen LogP contribution in [0.25, 0.3) is 0 Å². The van der Waals surface area contributed by atoms with Gasteiger partial charge in [0, 0.05) is 5.02 Å². The second-order valence-electron chi connectivity index (χ2n) is 2.83. The third kappa shape index (κ3) is 1.46. The quantitative estimate of drug-likeness (QED) is 0.711. The molecule has 0 radical (unpaired) electrons. The van der Waals surface area contributed by atoms with Crippen molar-refractivity contribution in [2.75, 3.05) is 6.61 Å². The van der Waals surface area contributed by atoms with Gasteiger partial charge in [-0.2, -0.15) is 0 Å². The molecule has 0 aliphatic carbocycles. The molecule has 64 valence electrons. The van der Waals surface area contributed by atoms with E-state index in [2.05, 4.69) is 0 Å². The van der Waals surface area contributed by atoms with Crippen molar-refractivity contribution in [2.45, 2.75) is 12.2 Å². The summed E-state index contributed by atoms with van der Waals surface area (Å²) in [6.45, 7) is 0.0906. The number of aliphatic hydroxyl groups excluding tert-OH is 1. The van der Waals surface area contributed by atoms with Crippen LogP contribution in [0.15, 0.2) is 24.3 Å². The molecule has 3 heteroatoms. The maximum Gasteiger partial charge on any atom is 0.112 e. The summed E-state index contributed by atoms with van der Waals surface area (Å²) in [5.41, 5.74) is 1.08. The van der Waals surface area contributed by atoms with Crippen molar-refractivity contribution in [2.24, 2.45) is 0 Å². The molecule has 1 aliphatic heterocycles. The Hall–Kier alpha value is -0.570. The van der Waals surface area contributed by atoms with Crippen LogP contribution in [0.2, 0.25) is 5.02 Å². The Morgan fingerprint density at radius 3 is 2.50 bits per heavy atom. The van der Waals surface area contributed by atoms with E-state index in [1.807, 2.05) is 24.3 Å². The molecule has 1 aromatic carbocycles. The minimum absolute atomic E-state index is 0.00817. The zero-order valence-corrected chi connectivity index (χ0v) is 7.16. The highest BCUT2D eigenvalue weighted by Gasteiger charge is 2.39. The molecule has 0 aromatic heterocycles. The van der Waals surface area contributed by atoms with E-state index in [-0.39, 0.29) is 18.8 Å². The maximum absolute atomic E-state index is 8.74. The van der Waals surface area contributed by atoms with Crippen molar-refractivity contribution in [3.8, 4) is 0 Å². The van der Waals surface area contributed by atoms with E-state index in [0.717, 1.165) is 10.6 Å². The average molecular weight is 185 g/mol. The van der Waals surface area contributed by atoms with E-state index < -0.39 is 0 Å². The van der Waals surface area contributed by atoms with Crippen LogP contribution in [0.3, 0.4) is 0 Å². The third-order valence-electron chi connectivity index (χ3n) is 1.96. The number of ether oxygens (including phenoxy) is 1. The first-order chi connectivity index (χ1) is 5.81. The number of aliphatic hydroxyl groups is 1. The van der Waals surface area contributed by atoms with Gasteiger partial charge in [-0.05, 0) is 17.7 Å². The van der Waals surface area contributed by atoms with Crippen LogP contribution >= 0.6 is 11.6 Å². The zero-order chi connectivity index (χ0) is 8.55. The Labute approximate surface area is 75.7 Å². The molecule has 1 aliphatic rings. The van der Waals surface area contributed by atoms with E-state index >= 15 is 0 Å². The topological polar surface area (TPSA) is 32.8 Å². The van der Waals surface area contributed by atoms with Crippen LogP contribution in [-0.4, -0.2) is 17.8 Å². The molecule has 1 fully saturated rings. The van der Waals surface area contributed by atoms with Gasteiger partial charge in [-0.1, -0.05) is 23.7 Å². The molecular weight excluding hydrogens is 176 g/mol. The lowest BCUT2D eigenvalue weighted by molar-refractivity contribution is 0.242. The van der Waals surface area contributed by atoms with Gasteiger partial charge in [0.15, 0.2) is 0 Å². The standard InChI is InChI=1S/C9H9ClO2/c10-7-3-1-6(2-4-7)9-8(5-11)12-9/h1-4,8-9,11H,5H2/t8-,9+/m1/s1. The molecule has 1 saturated heterocycles. The van der Waals surface area contributed by atoms with Crippen LogP contribution in [0.4, 0.5) is 0 Å². The van der Waals surface area contributed by atoms with Gasteiger partial charge < -0.3 is 9.84 Å². The molecular formula is C9H9ClO2. The molecule has 0 bridgehead atoms. The minimum atomic E-state index is -0.00817. The fourth-order valence-corrected chi connectivity index (χ4v) is 1.35. The lowest BCUT2D eigenvalue weighted by Crippen LogP contribution is -1.93. The van der Waals surface area contributed by atoms with Crippen LogP contribution < -0.4 is 0 Å². The summed E-state index contributed by atoms with van der Waals surface area (Å²) >= 11 is 5.72. The third-order valence-corrected chi connectivity index (χ3v) is 2.21. The van der Waals surface area contributed by atoms with Crippen molar-refractivity contribution in [3.05, 3.63) is 34.9 Å². The Balaban J connectivity index is 2.10. The summed E-state index contributed by atoms with van der Waals surface area (Å²) in [5.74, 6) is 0. The first kappa shape index (κ1) is 8.05. The normalized spacial score (nSPS) is 27.2. The Morgan fingerprint density at radius 2 is 2.00 bits per heavy atom. The summed E-state index contributed by atoms with van der Waals surface area (Å²) in [6, 6.07) is 7.49. The highest BCUT2D eigenvalue weighted by atomic mass is 35.5. The first-order valence-corrected chi connectivity index (χ1v) is 4.21. The lowest BCUT2D eigenvalue weighted by Gasteiger charge is -1.94. The van der Waals surface area contributed by atoms with E-state index in [4.69, 9.17) is 21.4 Å². The Bertz CT molecular complexity index is 270. The molecule has 1 heterocycles. The second-order valence-corrected chi connectivity index (χ2v) is 3.27. The second kappa shape index (κ2) is 3.05. The maximum atomic E-state index is 8.74. The van der Waals surface area contributed by atoms with Crippen molar-refractivity contribution in [1.82, 2.24) is 0 Å². The lowest BCUT2D eigenvalue weighted by atomic mass is 10.1. The van der Waals surface area contributed by atoms with Crippen LogP contribution in [-0.2, 0) is 4.74 Å². The van der Waals surface area contributed by atoms with Gasteiger partial charge in [0.05, 0.1) is 6.61 Å². The minimum Gasteiger partial charge on any atom is -0.394 e. The molecule has 0 spiro atoms. The molecule has 0 amide bonds. The van der Waals surface area contributed by atoms with Gasteiger partial charge >= 0.3 is 0 Å². The van der Waals surface area contributed by atoms with Gasteiger partial charge in [-0.3, -0.25) is 0 Å². The molecule has 2 nitrogen and oxygen atoms in total. The molecule has 1 N–H and O–H groups in total. The van der Waals surface area contributed by atoms with Crippen LogP contribution in [0.5, 0.6) is 0 Å². The molecule has 2 rings (SSSR count). The highest BCUT2D eigenvalue weighted by molar-refractivity contribution is 6.30. The van der Waals surface area contributed by atoms with E-state index in [0.29, 0.717) is 0 Å². The fraction of sp³-hybridized carbons (Fsp3) is 0.333. The summed E-state index contributed by atoms with van der Waals surface area (Å²) in [4.78, 5) is 0. The monoisotopic (exact) mass is 184 g/mol. The fourth-order valence-electron chi connectivity index (χ4n) is 1.23. The van der Waals surface area contributed by atoms with Gasteiger partial charge in [-0.15, -0.1) is 0 Å². The Kier molecular flexibility index (Phi) is 2.05. The van der Waals surface area contributed by atoms with Gasteiger partial charge in [0.2, 0.25) is 0 Å². The smallest absolute Gasteiger partial charge is 0.112 e. The molecule has 2 atom stereocenters. The number of hydrogen-bond donors (Lipinski definition) is 1. The van der Waals surface area contributed by atoms with E-state index in [1.165, 1.54) is 0 Å². The number of rotatable bonds is 2. The van der Waals surface area contributed by atoms with Crippen LogP contribution in [0.1, 0.15) is 11.7 Å². The molecule has 0 unspecified atom stereocenters. The van der Waals surface area contributed by atoms with Crippen molar-refractivity contribution < 1.29 is 9.84 Å². The predicted octanol–water partition coefficient (Wildman–Crippen LogP) is 1.77. The summed E-state index contributed by atoms with van der Waals surface area (Å²) in [7, 11) is 0. The van der Waals surface area contributed by atoms with Crippen molar-refractivity contribution >= 4 is 11.6 Å². The number of hydrogen-bond acceptors (Lipinski definition) is 2. The largest absolute Gasteiger partial charge is 0.394 e. The van der Waals surface area contributed by atoms with Crippen molar-refractivity contribution in [1.29, 1.82) is 0 Å². The number of epoxide rings is 1. The van der Waals surface area contributed by atoms with Gasteiger partial charge in [-0.25, -0.2) is 0 Å². The summed E-state index contributed by atoms with van der Waals surface area (Å²) in [5, 5.41) is 9.46. The van der Waals surface area contributed by atoms with Crippen LogP contribution in [0, 0.1) is 0 Å². The first-order valence-electron chi connectivity index (χ1n) is 3.83. The summed E-state index contributed by atoms with van der Waals surface area (Å²) in [6.07, 6.45) is 0.0680. The highest BCUT2D eigenvalue weighted by Crippen LogP contribution is 2.38. The van der Waals surface area contributed by atoms with Gasteiger partial charge in [0.25, 0.3) is 0 Å². The van der Waals surface area contributed by atoms with Gasteiger partial charge in [0.1, 0.15) is 12.2 Å². The molecule has 12 heavy (non-hydrogen) atoms. The number of halogens is 1. The summed E-state index contributed by atoms with van der Waals surface area (Å²) < 4.78 is 5.20. The average Bonchev–Trinajstić information content (AvgIpc) is 2.85. The number of benzene rings is 1. The molecule has 0 saturated carbocycles. The Morgan fingerprint density at radius 1 is 1.33 bits per heavy atom. The zero-order valence-electron chi connectivity index (χ0n) is 6.40. The predicted molar refractivity (Wildman–Crippen MR) is 46.2 cm³/mol. The van der Waals surface area contributed by atoms with E-state index in [9.17, 15) is 0 Å². The van der Waals surface area contributed by atoms with Crippen molar-refractivity contribution in [3.63, 3.8) is 0 Å². The van der Waals surface area contributed by atoms with E-state index in [1.54, 1.807) is 0 Å². The molecule has 1 aromatic rings.